The van der Waals surface area contributed by atoms with E-state index in [9.17, 15) is 23.1 Å². The maximum atomic E-state index is 14.0. The summed E-state index contributed by atoms with van der Waals surface area (Å²) in [5, 5.41) is 12.9. The van der Waals surface area contributed by atoms with E-state index in [-0.39, 0.29) is 32.4 Å². The molecule has 1 aliphatic rings. The van der Waals surface area contributed by atoms with Crippen molar-refractivity contribution in [3.05, 3.63) is 68.7 Å². The third-order valence-corrected chi connectivity index (χ3v) is 4.83. The van der Waals surface area contributed by atoms with Gasteiger partial charge in [0.15, 0.2) is 0 Å². The third kappa shape index (κ3) is 3.37. The molecule has 3 rings (SSSR count). The van der Waals surface area contributed by atoms with E-state index < -0.39 is 24.2 Å². The van der Waals surface area contributed by atoms with Gasteiger partial charge in [-0.1, -0.05) is 40.5 Å². The van der Waals surface area contributed by atoms with Crippen molar-refractivity contribution in [3.63, 3.8) is 0 Å². The molecule has 142 valence electrons. The van der Waals surface area contributed by atoms with Gasteiger partial charge in [-0.2, -0.15) is 13.2 Å². The first kappa shape index (κ1) is 19.5. The molecular formula is C18H12Cl2F3NO3. The van der Waals surface area contributed by atoms with Crippen LogP contribution in [-0.2, 0) is 10.4 Å². The predicted octanol–water partition coefficient (Wildman–Crippen LogP) is 5.58. The second-order valence-electron chi connectivity index (χ2n) is 6.07. The molecule has 0 aromatic heterocycles. The lowest BCUT2D eigenvalue weighted by Gasteiger charge is -2.29. The van der Waals surface area contributed by atoms with Gasteiger partial charge in [0.25, 0.3) is 5.60 Å². The highest BCUT2D eigenvalue weighted by molar-refractivity contribution is 6.34. The number of oxime groups is 1. The summed E-state index contributed by atoms with van der Waals surface area (Å²) in [4.78, 5) is 16.2. The molecule has 0 saturated carbocycles. The van der Waals surface area contributed by atoms with Crippen LogP contribution in [0.25, 0.3) is 0 Å². The Morgan fingerprint density at radius 3 is 2.41 bits per heavy atom. The quantitative estimate of drug-likeness (QED) is 0.708. The van der Waals surface area contributed by atoms with Crippen LogP contribution < -0.4 is 0 Å². The van der Waals surface area contributed by atoms with E-state index in [4.69, 9.17) is 28.0 Å². The van der Waals surface area contributed by atoms with Gasteiger partial charge in [-0.05, 0) is 36.8 Å². The molecule has 0 fully saturated rings. The van der Waals surface area contributed by atoms with Crippen LogP contribution in [0.1, 0.15) is 33.5 Å². The molecule has 4 nitrogen and oxygen atoms in total. The van der Waals surface area contributed by atoms with Gasteiger partial charge in [-0.3, -0.25) is 0 Å². The number of carboxylic acids is 1. The Kier molecular flexibility index (Phi) is 4.86. The van der Waals surface area contributed by atoms with Crippen LogP contribution in [0.2, 0.25) is 10.0 Å². The molecular weight excluding hydrogens is 406 g/mol. The molecule has 2 aromatic carbocycles. The molecule has 0 radical (unpaired) electrons. The fourth-order valence-electron chi connectivity index (χ4n) is 3.02. The SMILES string of the molecule is Cc1c(C(=O)O)cccc1C1=NOC(c2cc(Cl)cc(Cl)c2)(C(F)(F)F)C1. The normalized spacial score (nSPS) is 19.6. The van der Waals surface area contributed by atoms with Crippen molar-refractivity contribution >= 4 is 34.9 Å². The van der Waals surface area contributed by atoms with Gasteiger partial charge in [-0.25, -0.2) is 4.79 Å². The molecule has 0 spiro atoms. The zero-order valence-electron chi connectivity index (χ0n) is 13.8. The maximum absolute atomic E-state index is 14.0. The minimum Gasteiger partial charge on any atom is -0.478 e. The Labute approximate surface area is 162 Å². The summed E-state index contributed by atoms with van der Waals surface area (Å²) >= 11 is 11.7. The molecule has 0 amide bonds. The van der Waals surface area contributed by atoms with Crippen molar-refractivity contribution in [3.8, 4) is 0 Å². The van der Waals surface area contributed by atoms with Crippen molar-refractivity contribution < 1.29 is 27.9 Å². The molecule has 1 heterocycles. The fourth-order valence-corrected chi connectivity index (χ4v) is 3.54. The number of nitrogens with zero attached hydrogens (tertiary/aromatic N) is 1. The Bertz CT molecular complexity index is 939. The van der Waals surface area contributed by atoms with Gasteiger partial charge >= 0.3 is 12.1 Å². The maximum Gasteiger partial charge on any atom is 0.435 e. The first-order chi connectivity index (χ1) is 12.5. The van der Waals surface area contributed by atoms with E-state index in [1.807, 2.05) is 0 Å². The van der Waals surface area contributed by atoms with Crippen molar-refractivity contribution in [1.29, 1.82) is 0 Å². The molecule has 0 bridgehead atoms. The molecule has 2 aromatic rings. The first-order valence-electron chi connectivity index (χ1n) is 7.67. The van der Waals surface area contributed by atoms with Gasteiger partial charge in [0, 0.05) is 27.6 Å². The van der Waals surface area contributed by atoms with E-state index in [1.165, 1.54) is 31.2 Å². The molecule has 27 heavy (non-hydrogen) atoms. The summed E-state index contributed by atoms with van der Waals surface area (Å²) in [7, 11) is 0. The van der Waals surface area contributed by atoms with Crippen LogP contribution in [0.3, 0.4) is 0 Å². The van der Waals surface area contributed by atoms with Crippen molar-refractivity contribution in [1.82, 2.24) is 0 Å². The van der Waals surface area contributed by atoms with Crippen molar-refractivity contribution in [2.45, 2.75) is 25.1 Å². The van der Waals surface area contributed by atoms with Gasteiger partial charge < -0.3 is 9.94 Å². The molecule has 1 atom stereocenters. The number of hydrogen-bond acceptors (Lipinski definition) is 3. The van der Waals surface area contributed by atoms with Crippen LogP contribution in [0, 0.1) is 6.92 Å². The number of rotatable bonds is 3. The minimum atomic E-state index is -4.81. The second-order valence-corrected chi connectivity index (χ2v) is 6.95. The van der Waals surface area contributed by atoms with Crippen LogP contribution in [-0.4, -0.2) is 23.0 Å². The van der Waals surface area contributed by atoms with Gasteiger partial charge in [-0.15, -0.1) is 0 Å². The third-order valence-electron chi connectivity index (χ3n) is 4.39. The van der Waals surface area contributed by atoms with Crippen LogP contribution in [0.5, 0.6) is 0 Å². The zero-order chi connectivity index (χ0) is 20.0. The Morgan fingerprint density at radius 1 is 1.22 bits per heavy atom. The molecule has 0 saturated heterocycles. The number of carboxylic acid groups (broad SMARTS) is 1. The minimum absolute atomic E-state index is 0.0102. The van der Waals surface area contributed by atoms with E-state index in [0.717, 1.165) is 12.1 Å². The van der Waals surface area contributed by atoms with Crippen molar-refractivity contribution in [2.75, 3.05) is 0 Å². The van der Waals surface area contributed by atoms with Crippen LogP contribution in [0.4, 0.5) is 13.2 Å². The van der Waals surface area contributed by atoms with E-state index in [2.05, 4.69) is 5.16 Å². The first-order valence-corrected chi connectivity index (χ1v) is 8.42. The summed E-state index contributed by atoms with van der Waals surface area (Å²) in [5.74, 6) is -1.18. The highest BCUT2D eigenvalue weighted by Gasteiger charge is 2.62. The summed E-state index contributed by atoms with van der Waals surface area (Å²) in [6.45, 7) is 1.51. The van der Waals surface area contributed by atoms with E-state index in [1.54, 1.807) is 0 Å². The lowest BCUT2D eigenvalue weighted by Crippen LogP contribution is -2.42. The lowest BCUT2D eigenvalue weighted by atomic mass is 9.85. The number of carbonyl (C=O) groups is 1. The number of aromatic carboxylic acids is 1. The number of hydrogen-bond donors (Lipinski definition) is 1. The van der Waals surface area contributed by atoms with Gasteiger partial charge in [0.2, 0.25) is 0 Å². The lowest BCUT2D eigenvalue weighted by molar-refractivity contribution is -0.275. The Balaban J connectivity index is 2.08. The molecule has 1 unspecified atom stereocenters. The number of alkyl halides is 3. The van der Waals surface area contributed by atoms with Crippen LogP contribution >= 0.6 is 23.2 Å². The average molecular weight is 418 g/mol. The average Bonchev–Trinajstić information content (AvgIpc) is 3.00. The fraction of sp³-hybridized carbons (Fsp3) is 0.222. The zero-order valence-corrected chi connectivity index (χ0v) is 15.3. The molecule has 0 aliphatic carbocycles. The summed E-state index contributed by atoms with van der Waals surface area (Å²) in [5.41, 5.74) is -2.50. The van der Waals surface area contributed by atoms with Gasteiger partial charge in [0.05, 0.1) is 11.3 Å². The monoisotopic (exact) mass is 417 g/mol. The summed E-state index contributed by atoms with van der Waals surface area (Å²) in [6.07, 6.45) is -5.46. The molecule has 1 N–H and O–H groups in total. The largest absolute Gasteiger partial charge is 0.478 e. The summed E-state index contributed by atoms with van der Waals surface area (Å²) < 4.78 is 42.0. The Morgan fingerprint density at radius 2 is 1.85 bits per heavy atom. The summed E-state index contributed by atoms with van der Waals surface area (Å²) in [6, 6.07) is 7.87. The predicted molar refractivity (Wildman–Crippen MR) is 94.6 cm³/mol. The second kappa shape index (κ2) is 6.73. The Hall–Kier alpha value is -2.25. The van der Waals surface area contributed by atoms with Crippen molar-refractivity contribution in [2.24, 2.45) is 5.16 Å². The topological polar surface area (TPSA) is 58.9 Å². The van der Waals surface area contributed by atoms with Crippen LogP contribution in [0.15, 0.2) is 41.6 Å². The number of halogens is 5. The highest BCUT2D eigenvalue weighted by Crippen LogP contribution is 2.49. The standard InChI is InChI=1S/C18H12Cl2F3NO3/c1-9-13(3-2-4-14(9)16(25)26)15-8-17(27-24-15,18(21,22)23)10-5-11(19)7-12(20)6-10/h2-7H,8H2,1H3,(H,25,26). The highest BCUT2D eigenvalue weighted by atomic mass is 35.5. The van der Waals surface area contributed by atoms with E-state index in [0.29, 0.717) is 5.56 Å². The van der Waals surface area contributed by atoms with Gasteiger partial charge in [0.1, 0.15) is 0 Å². The smallest absolute Gasteiger partial charge is 0.435 e. The molecule has 9 heteroatoms. The number of benzene rings is 2. The molecule has 1 aliphatic heterocycles. The van der Waals surface area contributed by atoms with E-state index >= 15 is 0 Å².